The second kappa shape index (κ2) is 13.1. The smallest absolute Gasteiger partial charge is 0.244 e. The van der Waals surface area contributed by atoms with Gasteiger partial charge in [0.15, 0.2) is 0 Å². The molecule has 0 unspecified atom stereocenters. The number of carbonyl (C=O) groups excluding carboxylic acids is 2. The summed E-state index contributed by atoms with van der Waals surface area (Å²) < 4.78 is 27.6. The first-order chi connectivity index (χ1) is 18.2. The van der Waals surface area contributed by atoms with Crippen molar-refractivity contribution in [2.24, 2.45) is 0 Å². The Hall–Kier alpha value is -2.63. The Labute approximate surface area is 249 Å². The zero-order valence-corrected chi connectivity index (χ0v) is 26.1. The van der Waals surface area contributed by atoms with Gasteiger partial charge in [-0.05, 0) is 84.8 Å². The maximum absolute atomic E-state index is 14.1. The molecule has 0 saturated carbocycles. The van der Waals surface area contributed by atoms with Gasteiger partial charge in [0.05, 0.1) is 11.9 Å². The maximum atomic E-state index is 14.1. The number of sulfonamides is 1. The van der Waals surface area contributed by atoms with Crippen LogP contribution in [0.3, 0.4) is 0 Å². The number of anilines is 1. The van der Waals surface area contributed by atoms with Gasteiger partial charge >= 0.3 is 0 Å². The van der Waals surface area contributed by atoms with Crippen LogP contribution in [0, 0.1) is 3.57 Å². The highest BCUT2D eigenvalue weighted by molar-refractivity contribution is 14.1. The predicted octanol–water partition coefficient (Wildman–Crippen LogP) is 5.27. The zero-order chi connectivity index (χ0) is 28.8. The van der Waals surface area contributed by atoms with Crippen LogP contribution in [0.15, 0.2) is 78.9 Å². The SMILES string of the molecule is CC(C)(C)NC(=O)[C@@H](Cc1ccccc1)N(Cc1ccccc1Cl)C(=O)CN(c1ccc(I)cc1)S(C)(=O)=O. The van der Waals surface area contributed by atoms with E-state index < -0.39 is 34.1 Å². The summed E-state index contributed by atoms with van der Waals surface area (Å²) in [5.41, 5.74) is 1.32. The number of carbonyl (C=O) groups is 2. The first kappa shape index (κ1) is 30.9. The van der Waals surface area contributed by atoms with Crippen molar-refractivity contribution < 1.29 is 18.0 Å². The molecule has 2 amide bonds. The Morgan fingerprint density at radius 3 is 2.10 bits per heavy atom. The highest BCUT2D eigenvalue weighted by Gasteiger charge is 2.34. The second-order valence-corrected chi connectivity index (χ2v) is 13.9. The molecule has 10 heteroatoms. The summed E-state index contributed by atoms with van der Waals surface area (Å²) >= 11 is 8.60. The van der Waals surface area contributed by atoms with Crippen LogP contribution in [0.2, 0.25) is 5.02 Å². The molecule has 0 radical (unpaired) electrons. The fraction of sp³-hybridized carbons (Fsp3) is 0.310. The van der Waals surface area contributed by atoms with Gasteiger partial charge in [0, 0.05) is 27.1 Å². The van der Waals surface area contributed by atoms with Crippen molar-refractivity contribution in [3.63, 3.8) is 0 Å². The number of nitrogens with one attached hydrogen (secondary N) is 1. The van der Waals surface area contributed by atoms with Crippen LogP contribution in [-0.2, 0) is 32.6 Å². The summed E-state index contributed by atoms with van der Waals surface area (Å²) in [4.78, 5) is 29.2. The third-order valence-electron chi connectivity index (χ3n) is 5.86. The van der Waals surface area contributed by atoms with Crippen molar-refractivity contribution in [1.82, 2.24) is 10.2 Å². The molecular weight excluding hydrogens is 649 g/mol. The molecule has 0 aliphatic carbocycles. The van der Waals surface area contributed by atoms with Crippen molar-refractivity contribution in [2.75, 3.05) is 17.1 Å². The minimum absolute atomic E-state index is 0.0257. The lowest BCUT2D eigenvalue weighted by Gasteiger charge is -2.35. The van der Waals surface area contributed by atoms with Crippen molar-refractivity contribution >= 4 is 61.7 Å². The Morgan fingerprint density at radius 1 is 0.949 bits per heavy atom. The van der Waals surface area contributed by atoms with Gasteiger partial charge in [0.1, 0.15) is 12.6 Å². The summed E-state index contributed by atoms with van der Waals surface area (Å²) in [6.07, 6.45) is 1.30. The van der Waals surface area contributed by atoms with Gasteiger partial charge in [-0.3, -0.25) is 13.9 Å². The molecular formula is C29H33ClIN3O4S. The Morgan fingerprint density at radius 2 is 1.54 bits per heavy atom. The molecule has 0 aliphatic heterocycles. The summed E-state index contributed by atoms with van der Waals surface area (Å²) in [5, 5.41) is 3.45. The van der Waals surface area contributed by atoms with Crippen LogP contribution >= 0.6 is 34.2 Å². The fourth-order valence-electron chi connectivity index (χ4n) is 4.04. The molecule has 7 nitrogen and oxygen atoms in total. The van der Waals surface area contributed by atoms with E-state index in [0.29, 0.717) is 16.3 Å². The van der Waals surface area contributed by atoms with Gasteiger partial charge in [-0.15, -0.1) is 0 Å². The molecule has 3 rings (SSSR count). The molecule has 1 atom stereocenters. The maximum Gasteiger partial charge on any atom is 0.244 e. The summed E-state index contributed by atoms with van der Waals surface area (Å²) in [5.74, 6) is -0.865. The van der Waals surface area contributed by atoms with Crippen molar-refractivity contribution in [3.05, 3.63) is 98.6 Å². The minimum atomic E-state index is -3.82. The van der Waals surface area contributed by atoms with Crippen LogP contribution in [0.25, 0.3) is 0 Å². The second-order valence-electron chi connectivity index (χ2n) is 10.3. The zero-order valence-electron chi connectivity index (χ0n) is 22.4. The number of amides is 2. The van der Waals surface area contributed by atoms with Gasteiger partial charge < -0.3 is 10.2 Å². The van der Waals surface area contributed by atoms with Crippen LogP contribution in [0.5, 0.6) is 0 Å². The van der Waals surface area contributed by atoms with Crippen LogP contribution in [0.4, 0.5) is 5.69 Å². The molecule has 0 bridgehead atoms. The Kier molecular flexibility index (Phi) is 10.4. The quantitative estimate of drug-likeness (QED) is 0.296. The highest BCUT2D eigenvalue weighted by atomic mass is 127. The van der Waals surface area contributed by atoms with E-state index in [1.54, 1.807) is 48.5 Å². The largest absolute Gasteiger partial charge is 0.350 e. The van der Waals surface area contributed by atoms with Gasteiger partial charge in [-0.1, -0.05) is 60.1 Å². The summed E-state index contributed by atoms with van der Waals surface area (Å²) in [7, 11) is -3.82. The van der Waals surface area contributed by atoms with Gasteiger partial charge in [-0.25, -0.2) is 8.42 Å². The number of hydrogen-bond acceptors (Lipinski definition) is 4. The Bertz CT molecular complexity index is 1390. The molecule has 0 fully saturated rings. The van der Waals surface area contributed by atoms with Crippen molar-refractivity contribution in [2.45, 2.75) is 45.3 Å². The normalized spacial score (nSPS) is 12.5. The number of hydrogen-bond donors (Lipinski definition) is 1. The van der Waals surface area contributed by atoms with E-state index in [1.165, 1.54) is 4.90 Å². The molecule has 1 N–H and O–H groups in total. The topological polar surface area (TPSA) is 86.8 Å². The molecule has 208 valence electrons. The molecule has 0 spiro atoms. The van der Waals surface area contributed by atoms with Crippen molar-refractivity contribution in [1.29, 1.82) is 0 Å². The van der Waals surface area contributed by atoms with E-state index in [4.69, 9.17) is 11.6 Å². The third kappa shape index (κ3) is 9.22. The van der Waals surface area contributed by atoms with Gasteiger partial charge in [0.25, 0.3) is 0 Å². The van der Waals surface area contributed by atoms with E-state index >= 15 is 0 Å². The molecule has 0 saturated heterocycles. The first-order valence-electron chi connectivity index (χ1n) is 12.4. The number of rotatable bonds is 10. The highest BCUT2D eigenvalue weighted by Crippen LogP contribution is 2.23. The van der Waals surface area contributed by atoms with E-state index in [0.717, 1.165) is 19.7 Å². The van der Waals surface area contributed by atoms with Crippen LogP contribution in [0.1, 0.15) is 31.9 Å². The molecule has 0 aliphatic rings. The van der Waals surface area contributed by atoms with Gasteiger partial charge in [-0.2, -0.15) is 0 Å². The predicted molar refractivity (Wildman–Crippen MR) is 165 cm³/mol. The average molecular weight is 682 g/mol. The lowest BCUT2D eigenvalue weighted by Crippen LogP contribution is -2.56. The molecule has 0 heterocycles. The monoisotopic (exact) mass is 681 g/mol. The Balaban J connectivity index is 2.08. The minimum Gasteiger partial charge on any atom is -0.350 e. The lowest BCUT2D eigenvalue weighted by atomic mass is 10.0. The molecule has 3 aromatic carbocycles. The van der Waals surface area contributed by atoms with Crippen molar-refractivity contribution in [3.8, 4) is 0 Å². The average Bonchev–Trinajstić information content (AvgIpc) is 2.85. The molecule has 0 aromatic heterocycles. The van der Waals surface area contributed by atoms with E-state index in [2.05, 4.69) is 27.9 Å². The number of halogens is 2. The van der Waals surface area contributed by atoms with Crippen LogP contribution in [-0.4, -0.2) is 49.5 Å². The standard InChI is InChI=1S/C29H33ClIN3O4S/c1-29(2,3)32-28(36)26(18-21-10-6-5-7-11-21)33(19-22-12-8-9-13-25(22)30)27(35)20-34(39(4,37)38)24-16-14-23(31)15-17-24/h5-17,26H,18-20H2,1-4H3,(H,32,36)/t26-/m1/s1. The fourth-order valence-corrected chi connectivity index (χ4v) is 5.44. The third-order valence-corrected chi connectivity index (χ3v) is 8.09. The summed E-state index contributed by atoms with van der Waals surface area (Å²) in [6, 6.07) is 22.4. The van der Waals surface area contributed by atoms with Gasteiger partial charge in [0.2, 0.25) is 21.8 Å². The lowest BCUT2D eigenvalue weighted by molar-refractivity contribution is -0.140. The van der Waals surface area contributed by atoms with E-state index in [9.17, 15) is 18.0 Å². The van der Waals surface area contributed by atoms with E-state index in [-0.39, 0.29) is 18.9 Å². The van der Waals surface area contributed by atoms with Crippen LogP contribution < -0.4 is 9.62 Å². The number of nitrogens with zero attached hydrogens (tertiary/aromatic N) is 2. The molecule has 39 heavy (non-hydrogen) atoms. The molecule has 3 aromatic rings. The number of benzene rings is 3. The van der Waals surface area contributed by atoms with E-state index in [1.807, 2.05) is 51.1 Å². The first-order valence-corrected chi connectivity index (χ1v) is 15.7. The summed E-state index contributed by atoms with van der Waals surface area (Å²) in [6.45, 7) is 5.16.